The number of anilines is 1. The Hall–Kier alpha value is -1.52. The molecular weight excluding hydrogens is 437 g/mol. The van der Waals surface area contributed by atoms with Gasteiger partial charge in [-0.05, 0) is 70.2 Å². The first-order valence-corrected chi connectivity index (χ1v) is 8.07. The Morgan fingerprint density at radius 2 is 1.46 bits per heavy atom. The van der Waals surface area contributed by atoms with Crippen molar-refractivity contribution >= 4 is 40.6 Å². The number of carbonyl (C=O) groups is 2. The Kier molecular flexibility index (Phi) is 6.12. The van der Waals surface area contributed by atoms with Crippen LogP contribution in [-0.2, 0) is 9.47 Å². The summed E-state index contributed by atoms with van der Waals surface area (Å²) < 4.78 is 37.9. The topological polar surface area (TPSA) is 68.7 Å². The van der Waals surface area contributed by atoms with Gasteiger partial charge in [-0.2, -0.15) is 14.3 Å². The third-order valence-corrected chi connectivity index (χ3v) is 2.99. The number of amides is 2. The highest BCUT2D eigenvalue weighted by Gasteiger charge is 2.35. The number of ether oxygens (including phenoxy) is 2. The lowest BCUT2D eigenvalue weighted by molar-refractivity contribution is 0.0427. The van der Waals surface area contributed by atoms with Crippen LogP contribution in [0.3, 0.4) is 0 Å². The normalized spacial score (nSPS) is 11.9. The molecule has 0 aliphatic carbocycles. The highest BCUT2D eigenvalue weighted by Crippen LogP contribution is 2.25. The molecule has 134 valence electrons. The van der Waals surface area contributed by atoms with Crippen LogP contribution >= 0.6 is 22.6 Å². The van der Waals surface area contributed by atoms with E-state index in [9.17, 15) is 18.4 Å². The van der Waals surface area contributed by atoms with E-state index in [4.69, 9.17) is 9.47 Å². The number of rotatable bonds is 1. The van der Waals surface area contributed by atoms with E-state index in [2.05, 4.69) is 4.98 Å². The first-order chi connectivity index (χ1) is 10.7. The average Bonchev–Trinajstić information content (AvgIpc) is 2.31. The van der Waals surface area contributed by atoms with Crippen molar-refractivity contribution in [1.82, 2.24) is 4.98 Å². The molecule has 6 nitrogen and oxygen atoms in total. The fourth-order valence-corrected chi connectivity index (χ4v) is 1.85. The third-order valence-electron chi connectivity index (χ3n) is 2.23. The maximum absolute atomic E-state index is 14.2. The molecule has 0 saturated heterocycles. The highest BCUT2D eigenvalue weighted by molar-refractivity contribution is 14.1. The molecule has 0 N–H and O–H groups in total. The van der Waals surface area contributed by atoms with Gasteiger partial charge >= 0.3 is 12.2 Å². The van der Waals surface area contributed by atoms with Crippen molar-refractivity contribution in [3.05, 3.63) is 21.4 Å². The summed E-state index contributed by atoms with van der Waals surface area (Å²) in [4.78, 5) is 28.2. The van der Waals surface area contributed by atoms with Gasteiger partial charge in [0.05, 0.1) is 3.57 Å². The lowest BCUT2D eigenvalue weighted by Crippen LogP contribution is -2.44. The molecular formula is C15H19F2IN2O4. The molecule has 1 aromatic rings. The molecule has 2 amide bonds. The maximum Gasteiger partial charge on any atom is 0.425 e. The molecule has 0 radical (unpaired) electrons. The predicted octanol–water partition coefficient (Wildman–Crippen LogP) is 4.64. The summed E-state index contributed by atoms with van der Waals surface area (Å²) in [6, 6.07) is 0.819. The molecule has 0 fully saturated rings. The van der Waals surface area contributed by atoms with Gasteiger partial charge in [0.1, 0.15) is 11.2 Å². The molecule has 1 heterocycles. The highest BCUT2D eigenvalue weighted by atomic mass is 127. The maximum atomic E-state index is 14.2. The summed E-state index contributed by atoms with van der Waals surface area (Å²) in [6.07, 6.45) is -2.44. The molecule has 0 spiro atoms. The van der Waals surface area contributed by atoms with Crippen molar-refractivity contribution in [2.45, 2.75) is 52.7 Å². The Morgan fingerprint density at radius 3 is 1.83 bits per heavy atom. The van der Waals surface area contributed by atoms with Crippen LogP contribution in [0, 0.1) is 15.3 Å². The number of aromatic nitrogens is 1. The van der Waals surface area contributed by atoms with Gasteiger partial charge in [0.2, 0.25) is 5.95 Å². The molecule has 24 heavy (non-hydrogen) atoms. The quantitative estimate of drug-likeness (QED) is 0.455. The molecule has 0 aliphatic heterocycles. The second-order valence-electron chi connectivity index (χ2n) is 6.86. The number of hydrogen-bond acceptors (Lipinski definition) is 5. The van der Waals surface area contributed by atoms with Crippen LogP contribution in [0.1, 0.15) is 41.5 Å². The van der Waals surface area contributed by atoms with Crippen molar-refractivity contribution in [3.63, 3.8) is 0 Å². The van der Waals surface area contributed by atoms with E-state index in [1.54, 1.807) is 64.1 Å². The Labute approximate surface area is 152 Å². The van der Waals surface area contributed by atoms with Crippen molar-refractivity contribution < 1.29 is 27.8 Å². The van der Waals surface area contributed by atoms with Crippen LogP contribution in [0.25, 0.3) is 0 Å². The summed E-state index contributed by atoms with van der Waals surface area (Å²) >= 11 is 1.54. The summed E-state index contributed by atoms with van der Waals surface area (Å²) in [5.74, 6) is -2.90. The standard InChI is InChI=1S/C15H19F2IN2O4/c1-14(2,3)23-12(21)20(13(22)24-15(4,5)6)11-8(16)7-9(18)10(17)19-11/h7H,1-6H3. The van der Waals surface area contributed by atoms with Gasteiger partial charge in [0, 0.05) is 0 Å². The van der Waals surface area contributed by atoms with Crippen LogP contribution in [0.15, 0.2) is 6.07 Å². The zero-order valence-electron chi connectivity index (χ0n) is 14.2. The molecule has 0 atom stereocenters. The van der Waals surface area contributed by atoms with E-state index in [1.165, 1.54) is 0 Å². The predicted molar refractivity (Wildman–Crippen MR) is 91.8 cm³/mol. The first-order valence-electron chi connectivity index (χ1n) is 6.99. The van der Waals surface area contributed by atoms with Crippen LogP contribution in [0.2, 0.25) is 0 Å². The minimum atomic E-state index is -1.22. The van der Waals surface area contributed by atoms with Gasteiger partial charge in [0.25, 0.3) is 0 Å². The zero-order valence-corrected chi connectivity index (χ0v) is 16.4. The van der Waals surface area contributed by atoms with Crippen LogP contribution < -0.4 is 4.90 Å². The van der Waals surface area contributed by atoms with Crippen molar-refractivity contribution in [3.8, 4) is 0 Å². The summed E-state index contributed by atoms with van der Waals surface area (Å²) in [5.41, 5.74) is -1.93. The van der Waals surface area contributed by atoms with Crippen molar-refractivity contribution in [2.75, 3.05) is 4.90 Å². The third kappa shape index (κ3) is 5.84. The van der Waals surface area contributed by atoms with Gasteiger partial charge in [-0.15, -0.1) is 0 Å². The minimum Gasteiger partial charge on any atom is -0.443 e. The van der Waals surface area contributed by atoms with E-state index < -0.39 is 41.0 Å². The van der Waals surface area contributed by atoms with E-state index in [0.717, 1.165) is 6.07 Å². The Balaban J connectivity index is 3.36. The van der Waals surface area contributed by atoms with Gasteiger partial charge in [-0.25, -0.2) is 14.0 Å². The molecule has 1 aromatic heterocycles. The van der Waals surface area contributed by atoms with Gasteiger partial charge in [-0.3, -0.25) is 0 Å². The van der Waals surface area contributed by atoms with Crippen LogP contribution in [0.5, 0.6) is 0 Å². The monoisotopic (exact) mass is 456 g/mol. The van der Waals surface area contributed by atoms with E-state index in [0.29, 0.717) is 0 Å². The van der Waals surface area contributed by atoms with Crippen molar-refractivity contribution in [2.24, 2.45) is 0 Å². The smallest absolute Gasteiger partial charge is 0.425 e. The number of hydrogen-bond donors (Lipinski definition) is 0. The summed E-state index contributed by atoms with van der Waals surface area (Å²) in [7, 11) is 0. The molecule has 9 heteroatoms. The van der Waals surface area contributed by atoms with E-state index >= 15 is 0 Å². The van der Waals surface area contributed by atoms with Gasteiger partial charge in [0.15, 0.2) is 11.6 Å². The molecule has 0 unspecified atom stereocenters. The molecule has 0 aliphatic rings. The van der Waals surface area contributed by atoms with Crippen LogP contribution in [-0.4, -0.2) is 28.4 Å². The lowest BCUT2D eigenvalue weighted by Gasteiger charge is -2.28. The number of pyridine rings is 1. The number of halogens is 3. The summed E-state index contributed by atoms with van der Waals surface area (Å²) in [6.45, 7) is 9.40. The fraction of sp³-hybridized carbons (Fsp3) is 0.533. The largest absolute Gasteiger partial charge is 0.443 e. The van der Waals surface area contributed by atoms with Gasteiger partial charge < -0.3 is 9.47 Å². The molecule has 1 rings (SSSR count). The van der Waals surface area contributed by atoms with Crippen LogP contribution in [0.4, 0.5) is 24.2 Å². The minimum absolute atomic E-state index is 0.0952. The zero-order chi connectivity index (χ0) is 18.9. The van der Waals surface area contributed by atoms with Crippen molar-refractivity contribution in [1.29, 1.82) is 0 Å². The second kappa shape index (κ2) is 7.16. The van der Waals surface area contributed by atoms with E-state index in [1.807, 2.05) is 0 Å². The fourth-order valence-electron chi connectivity index (χ4n) is 1.45. The lowest BCUT2D eigenvalue weighted by atomic mass is 10.2. The molecule has 0 saturated carbocycles. The Bertz CT molecular complexity index is 626. The Morgan fingerprint density at radius 1 is 1.04 bits per heavy atom. The number of nitrogens with zero attached hydrogens (tertiary/aromatic N) is 2. The summed E-state index contributed by atoms with van der Waals surface area (Å²) in [5, 5.41) is 0. The SMILES string of the molecule is CC(C)(C)OC(=O)N(C(=O)OC(C)(C)C)c1nc(F)c(I)cc1F. The first kappa shape index (κ1) is 20.5. The number of imide groups is 1. The number of carbonyl (C=O) groups excluding carboxylic acids is 2. The van der Waals surface area contributed by atoms with E-state index in [-0.39, 0.29) is 8.47 Å². The molecule has 0 aromatic carbocycles. The average molecular weight is 456 g/mol. The van der Waals surface area contributed by atoms with Gasteiger partial charge in [-0.1, -0.05) is 0 Å². The second-order valence-corrected chi connectivity index (χ2v) is 8.02. The molecule has 0 bridgehead atoms.